The summed E-state index contributed by atoms with van der Waals surface area (Å²) in [6, 6.07) is 0. The van der Waals surface area contributed by atoms with E-state index in [-0.39, 0.29) is 24.0 Å². The van der Waals surface area contributed by atoms with Crippen LogP contribution in [0.1, 0.15) is 13.3 Å². The van der Waals surface area contributed by atoms with Crippen molar-refractivity contribution < 1.29 is 9.47 Å². The fourth-order valence-corrected chi connectivity index (χ4v) is 1.97. The fraction of sp³-hybridized carbons (Fsp3) is 0.917. The molecule has 0 aromatic carbocycles. The molecule has 0 saturated carbocycles. The van der Waals surface area contributed by atoms with Gasteiger partial charge in [0, 0.05) is 46.3 Å². The summed E-state index contributed by atoms with van der Waals surface area (Å²) in [5, 5.41) is 3.29. The third-order valence-electron chi connectivity index (χ3n) is 2.86. The molecule has 108 valence electrons. The van der Waals surface area contributed by atoms with E-state index in [9.17, 15) is 0 Å². The zero-order valence-electron chi connectivity index (χ0n) is 11.6. The summed E-state index contributed by atoms with van der Waals surface area (Å²) >= 11 is 0. The summed E-state index contributed by atoms with van der Waals surface area (Å²) in [4.78, 5) is 6.42. The highest BCUT2D eigenvalue weighted by molar-refractivity contribution is 14.0. The van der Waals surface area contributed by atoms with E-state index in [1.54, 1.807) is 0 Å². The van der Waals surface area contributed by atoms with Gasteiger partial charge in [0.25, 0.3) is 0 Å². The van der Waals surface area contributed by atoms with E-state index in [2.05, 4.69) is 22.3 Å². The Hall–Kier alpha value is -0.0800. The van der Waals surface area contributed by atoms with Crippen LogP contribution in [0.4, 0.5) is 0 Å². The molecule has 1 aliphatic rings. The van der Waals surface area contributed by atoms with E-state index in [1.807, 2.05) is 14.0 Å². The molecule has 1 rings (SSSR count). The van der Waals surface area contributed by atoms with Crippen LogP contribution in [0.3, 0.4) is 0 Å². The van der Waals surface area contributed by atoms with E-state index in [0.29, 0.717) is 5.92 Å². The van der Waals surface area contributed by atoms with Crippen LogP contribution in [-0.2, 0) is 9.47 Å². The molecule has 18 heavy (non-hydrogen) atoms. The predicted octanol–water partition coefficient (Wildman–Crippen LogP) is 1.18. The van der Waals surface area contributed by atoms with E-state index >= 15 is 0 Å². The third kappa shape index (κ3) is 6.75. The van der Waals surface area contributed by atoms with Crippen LogP contribution in [0.15, 0.2) is 4.99 Å². The van der Waals surface area contributed by atoms with Crippen molar-refractivity contribution >= 4 is 29.9 Å². The monoisotopic (exact) mass is 371 g/mol. The van der Waals surface area contributed by atoms with Crippen LogP contribution in [0.5, 0.6) is 0 Å². The van der Waals surface area contributed by atoms with Gasteiger partial charge in [-0.25, -0.2) is 0 Å². The van der Waals surface area contributed by atoms with Gasteiger partial charge in [0.1, 0.15) is 0 Å². The highest BCUT2D eigenvalue weighted by Crippen LogP contribution is 2.13. The Morgan fingerprint density at radius 1 is 1.56 bits per heavy atom. The van der Waals surface area contributed by atoms with Crippen molar-refractivity contribution in [1.29, 1.82) is 0 Å². The van der Waals surface area contributed by atoms with Crippen LogP contribution in [0, 0.1) is 5.92 Å². The molecule has 0 spiro atoms. The third-order valence-corrected chi connectivity index (χ3v) is 2.86. The second-order valence-corrected chi connectivity index (χ2v) is 4.28. The maximum absolute atomic E-state index is 5.38. The minimum Gasteiger partial charge on any atom is -0.381 e. The average molecular weight is 371 g/mol. The van der Waals surface area contributed by atoms with E-state index < -0.39 is 0 Å². The van der Waals surface area contributed by atoms with Crippen molar-refractivity contribution in [3.05, 3.63) is 0 Å². The standard InChI is InChI=1S/C12H25N3O2.HI/c1-4-16-8-6-14-12(13-2)15(3)9-11-5-7-17-10-11;/h11H,4-10H2,1-3H3,(H,13,14);1H. The summed E-state index contributed by atoms with van der Waals surface area (Å²) < 4.78 is 10.7. The van der Waals surface area contributed by atoms with E-state index in [4.69, 9.17) is 9.47 Å². The van der Waals surface area contributed by atoms with Gasteiger partial charge < -0.3 is 19.7 Å². The molecule has 1 heterocycles. The molecule has 1 fully saturated rings. The summed E-state index contributed by atoms with van der Waals surface area (Å²) in [6.07, 6.45) is 1.15. The van der Waals surface area contributed by atoms with Gasteiger partial charge >= 0.3 is 0 Å². The highest BCUT2D eigenvalue weighted by atomic mass is 127. The average Bonchev–Trinajstić information content (AvgIpc) is 2.82. The smallest absolute Gasteiger partial charge is 0.193 e. The molecular weight excluding hydrogens is 345 g/mol. The molecule has 1 atom stereocenters. The summed E-state index contributed by atoms with van der Waals surface area (Å²) in [5.74, 6) is 1.56. The van der Waals surface area contributed by atoms with Gasteiger partial charge in [-0.3, -0.25) is 4.99 Å². The van der Waals surface area contributed by atoms with Crippen molar-refractivity contribution in [2.24, 2.45) is 10.9 Å². The first-order valence-corrected chi connectivity index (χ1v) is 6.35. The Morgan fingerprint density at radius 3 is 2.89 bits per heavy atom. The summed E-state index contributed by atoms with van der Waals surface area (Å²) in [6.45, 7) is 7.04. The number of nitrogens with zero attached hydrogens (tertiary/aromatic N) is 2. The van der Waals surface area contributed by atoms with Crippen molar-refractivity contribution in [2.75, 3.05) is 53.6 Å². The number of guanidine groups is 1. The van der Waals surface area contributed by atoms with Crippen LogP contribution >= 0.6 is 24.0 Å². The summed E-state index contributed by atoms with van der Waals surface area (Å²) in [5.41, 5.74) is 0. The zero-order valence-corrected chi connectivity index (χ0v) is 14.0. The van der Waals surface area contributed by atoms with Gasteiger partial charge in [0.2, 0.25) is 0 Å². The predicted molar refractivity (Wildman–Crippen MR) is 84.8 cm³/mol. The molecular formula is C12H26IN3O2. The van der Waals surface area contributed by atoms with Crippen molar-refractivity contribution in [1.82, 2.24) is 10.2 Å². The molecule has 1 N–H and O–H groups in total. The van der Waals surface area contributed by atoms with Gasteiger partial charge in [0.05, 0.1) is 13.2 Å². The lowest BCUT2D eigenvalue weighted by molar-refractivity contribution is 0.151. The molecule has 0 radical (unpaired) electrons. The van der Waals surface area contributed by atoms with Gasteiger partial charge in [-0.2, -0.15) is 0 Å². The zero-order chi connectivity index (χ0) is 12.5. The molecule has 0 aromatic heterocycles. The Morgan fingerprint density at radius 2 is 2.33 bits per heavy atom. The van der Waals surface area contributed by atoms with Crippen LogP contribution in [-0.4, -0.2) is 64.5 Å². The first-order chi connectivity index (χ1) is 8.27. The SMILES string of the molecule is CCOCCNC(=NC)N(C)CC1CCOC1.I. The maximum Gasteiger partial charge on any atom is 0.193 e. The quantitative estimate of drug-likeness (QED) is 0.330. The highest BCUT2D eigenvalue weighted by Gasteiger charge is 2.18. The molecule has 0 amide bonds. The van der Waals surface area contributed by atoms with Gasteiger partial charge in [-0.1, -0.05) is 0 Å². The maximum atomic E-state index is 5.38. The number of halogens is 1. The first-order valence-electron chi connectivity index (χ1n) is 6.35. The van der Waals surface area contributed by atoms with Crippen LogP contribution < -0.4 is 5.32 Å². The Bertz CT molecular complexity index is 233. The second kappa shape index (κ2) is 10.8. The second-order valence-electron chi connectivity index (χ2n) is 4.28. The minimum absolute atomic E-state index is 0. The minimum atomic E-state index is 0. The van der Waals surface area contributed by atoms with Gasteiger partial charge in [-0.15, -0.1) is 24.0 Å². The summed E-state index contributed by atoms with van der Waals surface area (Å²) in [7, 11) is 3.87. The lowest BCUT2D eigenvalue weighted by Gasteiger charge is -2.24. The molecule has 1 saturated heterocycles. The molecule has 1 aliphatic heterocycles. The number of ether oxygens (including phenoxy) is 2. The Balaban J connectivity index is 0.00000289. The number of hydrogen-bond acceptors (Lipinski definition) is 3. The van der Waals surface area contributed by atoms with E-state index in [0.717, 1.165) is 51.9 Å². The Labute approximate surface area is 127 Å². The molecule has 5 nitrogen and oxygen atoms in total. The largest absolute Gasteiger partial charge is 0.381 e. The molecule has 1 unspecified atom stereocenters. The fourth-order valence-electron chi connectivity index (χ4n) is 1.97. The molecule has 0 aromatic rings. The van der Waals surface area contributed by atoms with Crippen LogP contribution in [0.2, 0.25) is 0 Å². The van der Waals surface area contributed by atoms with E-state index in [1.165, 1.54) is 0 Å². The first kappa shape index (κ1) is 17.9. The van der Waals surface area contributed by atoms with Gasteiger partial charge in [0.15, 0.2) is 5.96 Å². The normalized spacial score (nSPS) is 19.5. The van der Waals surface area contributed by atoms with Crippen molar-refractivity contribution in [3.8, 4) is 0 Å². The lowest BCUT2D eigenvalue weighted by Crippen LogP contribution is -2.42. The van der Waals surface area contributed by atoms with Gasteiger partial charge in [-0.05, 0) is 13.3 Å². The van der Waals surface area contributed by atoms with Crippen molar-refractivity contribution in [3.63, 3.8) is 0 Å². The molecule has 0 bridgehead atoms. The topological polar surface area (TPSA) is 46.1 Å². The van der Waals surface area contributed by atoms with Crippen molar-refractivity contribution in [2.45, 2.75) is 13.3 Å². The molecule has 6 heteroatoms. The molecule has 0 aliphatic carbocycles. The Kier molecular flexibility index (Phi) is 10.8. The van der Waals surface area contributed by atoms with Crippen LogP contribution in [0.25, 0.3) is 0 Å². The number of hydrogen-bond donors (Lipinski definition) is 1. The number of nitrogens with one attached hydrogen (secondary N) is 1. The number of aliphatic imine (C=N–C) groups is 1. The number of rotatable bonds is 6. The lowest BCUT2D eigenvalue weighted by atomic mass is 10.1.